The molecule has 2 aliphatic heterocycles. The maximum atomic E-state index is 13.9. The SMILES string of the molecule is Cc1ccc2c(c1)C1(SCCN1C(=O)Nc1cccc(F)c1)C(=O)N2Cc1ccccc1. The van der Waals surface area contributed by atoms with Crippen molar-refractivity contribution in [1.29, 1.82) is 0 Å². The molecule has 0 aromatic heterocycles. The van der Waals surface area contributed by atoms with E-state index in [9.17, 15) is 14.0 Å². The largest absolute Gasteiger partial charge is 0.323 e. The predicted molar refractivity (Wildman–Crippen MR) is 125 cm³/mol. The van der Waals surface area contributed by atoms with E-state index in [0.717, 1.165) is 22.4 Å². The zero-order valence-electron chi connectivity index (χ0n) is 17.5. The van der Waals surface area contributed by atoms with Crippen LogP contribution in [0.3, 0.4) is 0 Å². The second kappa shape index (κ2) is 7.98. The molecular formula is C25H22FN3O2S. The lowest BCUT2D eigenvalue weighted by Crippen LogP contribution is -2.51. The molecule has 0 saturated carbocycles. The minimum Gasteiger partial charge on any atom is -0.308 e. The summed E-state index contributed by atoms with van der Waals surface area (Å²) in [5.74, 6) is 0.0774. The van der Waals surface area contributed by atoms with Crippen LogP contribution in [-0.2, 0) is 16.2 Å². The number of nitrogens with zero attached hydrogens (tertiary/aromatic N) is 2. The summed E-state index contributed by atoms with van der Waals surface area (Å²) in [6.07, 6.45) is 0. The number of urea groups is 1. The number of thioether (sulfide) groups is 1. The van der Waals surface area contributed by atoms with Crippen LogP contribution in [0.5, 0.6) is 0 Å². The average Bonchev–Trinajstić information content (AvgIpc) is 3.32. The van der Waals surface area contributed by atoms with Gasteiger partial charge in [-0.1, -0.05) is 54.1 Å². The third-order valence-electron chi connectivity index (χ3n) is 5.85. The highest BCUT2D eigenvalue weighted by Gasteiger charge is 2.59. The highest BCUT2D eigenvalue weighted by molar-refractivity contribution is 8.01. The van der Waals surface area contributed by atoms with Crippen LogP contribution in [0.4, 0.5) is 20.6 Å². The van der Waals surface area contributed by atoms with Crippen molar-refractivity contribution < 1.29 is 14.0 Å². The fraction of sp³-hybridized carbons (Fsp3) is 0.200. The smallest absolute Gasteiger partial charge is 0.308 e. The molecule has 3 aromatic carbocycles. The molecule has 1 atom stereocenters. The molecule has 0 aliphatic carbocycles. The highest BCUT2D eigenvalue weighted by Crippen LogP contribution is 2.54. The normalized spacial score (nSPS) is 19.5. The summed E-state index contributed by atoms with van der Waals surface area (Å²) < 4.78 is 13.6. The van der Waals surface area contributed by atoms with Gasteiger partial charge in [-0.05, 0) is 36.8 Å². The van der Waals surface area contributed by atoms with Gasteiger partial charge in [0, 0.05) is 23.5 Å². The molecule has 1 saturated heterocycles. The third kappa shape index (κ3) is 3.33. The number of carbonyl (C=O) groups excluding carboxylic acids is 2. The zero-order chi connectivity index (χ0) is 22.3. The van der Waals surface area contributed by atoms with E-state index in [1.54, 1.807) is 21.9 Å². The number of carbonyl (C=O) groups is 2. The van der Waals surface area contributed by atoms with Gasteiger partial charge in [0.15, 0.2) is 4.87 Å². The van der Waals surface area contributed by atoms with Crippen LogP contribution in [0.25, 0.3) is 0 Å². The number of anilines is 2. The molecule has 7 heteroatoms. The van der Waals surface area contributed by atoms with Gasteiger partial charge in [0.1, 0.15) is 5.82 Å². The Bertz CT molecular complexity index is 1200. The van der Waals surface area contributed by atoms with Crippen molar-refractivity contribution in [3.05, 3.63) is 95.3 Å². The first-order chi connectivity index (χ1) is 15.5. The molecule has 1 spiro atoms. The van der Waals surface area contributed by atoms with Crippen molar-refractivity contribution in [3.8, 4) is 0 Å². The first-order valence-electron chi connectivity index (χ1n) is 10.4. The van der Waals surface area contributed by atoms with Gasteiger partial charge in [-0.3, -0.25) is 9.69 Å². The van der Waals surface area contributed by atoms with Crippen molar-refractivity contribution in [2.24, 2.45) is 0 Å². The molecule has 5 rings (SSSR count). The van der Waals surface area contributed by atoms with Crippen molar-refractivity contribution in [3.63, 3.8) is 0 Å². The van der Waals surface area contributed by atoms with Crippen molar-refractivity contribution in [1.82, 2.24) is 4.90 Å². The van der Waals surface area contributed by atoms with E-state index in [2.05, 4.69) is 5.32 Å². The summed E-state index contributed by atoms with van der Waals surface area (Å²) in [5.41, 5.74) is 4.05. The summed E-state index contributed by atoms with van der Waals surface area (Å²) in [6.45, 7) is 2.83. The Morgan fingerprint density at radius 2 is 1.91 bits per heavy atom. The van der Waals surface area contributed by atoms with E-state index in [-0.39, 0.29) is 5.91 Å². The Morgan fingerprint density at radius 1 is 1.09 bits per heavy atom. The number of benzene rings is 3. The van der Waals surface area contributed by atoms with Crippen LogP contribution in [0, 0.1) is 12.7 Å². The van der Waals surface area contributed by atoms with E-state index in [1.807, 2.05) is 55.5 Å². The topological polar surface area (TPSA) is 52.7 Å². The minimum atomic E-state index is -1.13. The number of halogens is 1. The van der Waals surface area contributed by atoms with Gasteiger partial charge in [-0.2, -0.15) is 0 Å². The van der Waals surface area contributed by atoms with Gasteiger partial charge in [-0.15, -0.1) is 11.8 Å². The van der Waals surface area contributed by atoms with Gasteiger partial charge in [0.05, 0.1) is 12.2 Å². The lowest BCUT2D eigenvalue weighted by Gasteiger charge is -2.33. The molecule has 2 heterocycles. The van der Waals surface area contributed by atoms with Crippen LogP contribution < -0.4 is 10.2 Å². The summed E-state index contributed by atoms with van der Waals surface area (Å²) >= 11 is 1.48. The number of hydrogen-bond acceptors (Lipinski definition) is 3. The van der Waals surface area contributed by atoms with Crippen LogP contribution >= 0.6 is 11.8 Å². The zero-order valence-corrected chi connectivity index (χ0v) is 18.4. The van der Waals surface area contributed by atoms with Crippen LogP contribution in [-0.4, -0.2) is 29.1 Å². The quantitative estimate of drug-likeness (QED) is 0.607. The molecule has 1 N–H and O–H groups in total. The fourth-order valence-electron chi connectivity index (χ4n) is 4.41. The molecule has 32 heavy (non-hydrogen) atoms. The monoisotopic (exact) mass is 447 g/mol. The van der Waals surface area contributed by atoms with Crippen LogP contribution in [0.2, 0.25) is 0 Å². The maximum absolute atomic E-state index is 13.9. The van der Waals surface area contributed by atoms with Crippen LogP contribution in [0.15, 0.2) is 72.8 Å². The van der Waals surface area contributed by atoms with Gasteiger partial charge in [-0.25, -0.2) is 9.18 Å². The second-order valence-corrected chi connectivity index (χ2v) is 9.27. The summed E-state index contributed by atoms with van der Waals surface area (Å²) in [5, 5.41) is 2.77. The fourth-order valence-corrected chi connectivity index (χ4v) is 5.86. The van der Waals surface area contributed by atoms with E-state index in [1.165, 1.54) is 23.9 Å². The van der Waals surface area contributed by atoms with E-state index < -0.39 is 16.7 Å². The lowest BCUT2D eigenvalue weighted by atomic mass is 10.0. The standard InChI is InChI=1S/C25H22FN3O2S/c1-17-10-11-22-21(14-17)25(23(30)28(22)16-18-6-3-2-4-7-18)29(12-13-32-25)24(31)27-20-9-5-8-19(26)15-20/h2-11,14-15H,12-13,16H2,1H3,(H,27,31). The van der Waals surface area contributed by atoms with Crippen molar-refractivity contribution in [2.45, 2.75) is 18.3 Å². The molecule has 1 unspecified atom stereocenters. The van der Waals surface area contributed by atoms with Gasteiger partial charge >= 0.3 is 6.03 Å². The van der Waals surface area contributed by atoms with Gasteiger partial charge in [0.2, 0.25) is 0 Å². The molecule has 1 fully saturated rings. The van der Waals surface area contributed by atoms with Crippen molar-refractivity contribution >= 4 is 35.1 Å². The number of nitrogens with one attached hydrogen (secondary N) is 1. The molecule has 5 nitrogen and oxygen atoms in total. The first-order valence-corrected chi connectivity index (χ1v) is 11.4. The van der Waals surface area contributed by atoms with E-state index >= 15 is 0 Å². The summed E-state index contributed by atoms with van der Waals surface area (Å²) in [6, 6.07) is 21.1. The Hall–Kier alpha value is -3.32. The Kier molecular flexibility index (Phi) is 5.13. The van der Waals surface area contributed by atoms with Gasteiger partial charge in [0.25, 0.3) is 5.91 Å². The van der Waals surface area contributed by atoms with E-state index in [4.69, 9.17) is 0 Å². The molecule has 3 aromatic rings. The number of fused-ring (bicyclic) bond motifs is 2. The molecule has 0 radical (unpaired) electrons. The second-order valence-electron chi connectivity index (χ2n) is 7.98. The van der Waals surface area contributed by atoms with Crippen molar-refractivity contribution in [2.75, 3.05) is 22.5 Å². The highest BCUT2D eigenvalue weighted by atomic mass is 32.2. The van der Waals surface area contributed by atoms with Gasteiger partial charge < -0.3 is 10.2 Å². The molecule has 2 aliphatic rings. The lowest BCUT2D eigenvalue weighted by molar-refractivity contribution is -0.123. The molecular weight excluding hydrogens is 425 g/mol. The average molecular weight is 448 g/mol. The number of hydrogen-bond donors (Lipinski definition) is 1. The maximum Gasteiger partial charge on any atom is 0.323 e. The third-order valence-corrected chi connectivity index (χ3v) is 7.27. The predicted octanol–water partition coefficient (Wildman–Crippen LogP) is 5.11. The Labute approximate surface area is 190 Å². The Balaban J connectivity index is 1.54. The molecule has 162 valence electrons. The number of amides is 3. The Morgan fingerprint density at radius 3 is 2.69 bits per heavy atom. The summed E-state index contributed by atoms with van der Waals surface area (Å²) in [7, 11) is 0. The number of aryl methyl sites for hydroxylation is 1. The summed E-state index contributed by atoms with van der Waals surface area (Å²) in [4.78, 5) is 29.5. The first kappa shape index (κ1) is 20.6. The minimum absolute atomic E-state index is 0.126. The van der Waals surface area contributed by atoms with Crippen LogP contribution in [0.1, 0.15) is 16.7 Å². The molecule has 0 bridgehead atoms. The van der Waals surface area contributed by atoms with E-state index in [0.29, 0.717) is 24.5 Å². The number of rotatable bonds is 3. The molecule has 3 amide bonds.